The van der Waals surface area contributed by atoms with Gasteiger partial charge in [-0.05, 0) is 18.2 Å². The van der Waals surface area contributed by atoms with Crippen molar-refractivity contribution in [1.29, 1.82) is 0 Å². The number of benzene rings is 1. The van der Waals surface area contributed by atoms with Gasteiger partial charge in [-0.3, -0.25) is 9.11 Å². The Hall–Kier alpha value is -2.41. The largest absolute Gasteiger partial charge is 0.353 e. The Morgan fingerprint density at radius 2 is 1.53 bits per heavy atom. The highest BCUT2D eigenvalue weighted by Crippen LogP contribution is 2.32. The summed E-state index contributed by atoms with van der Waals surface area (Å²) in [5.74, 6) is -1.17. The van der Waals surface area contributed by atoms with Crippen molar-refractivity contribution in [3.63, 3.8) is 0 Å². The van der Waals surface area contributed by atoms with Gasteiger partial charge in [0.2, 0.25) is 27.9 Å². The lowest BCUT2D eigenvalue weighted by atomic mass is 10.3. The van der Waals surface area contributed by atoms with E-state index in [1.165, 1.54) is 6.07 Å². The zero-order valence-electron chi connectivity index (χ0n) is 18.1. The van der Waals surface area contributed by atoms with Crippen LogP contribution in [0.4, 0.5) is 23.5 Å². The maximum Gasteiger partial charge on any atom is 0.294 e. The number of nitrogens with zero attached hydrogens (tertiary/aromatic N) is 3. The Labute approximate surface area is 209 Å². The average Bonchev–Trinajstić information content (AvgIpc) is 2.73. The van der Waals surface area contributed by atoms with E-state index in [9.17, 15) is 29.8 Å². The van der Waals surface area contributed by atoms with Gasteiger partial charge >= 0.3 is 0 Å². The van der Waals surface area contributed by atoms with Gasteiger partial charge < -0.3 is 16.0 Å². The second-order valence-electron chi connectivity index (χ2n) is 6.60. The third kappa shape index (κ3) is 11.1. The van der Waals surface area contributed by atoms with Gasteiger partial charge in [-0.25, -0.2) is 18.4 Å². The highest BCUT2D eigenvalue weighted by Gasteiger charge is 2.16. The third-order valence-corrected chi connectivity index (χ3v) is 6.66. The van der Waals surface area contributed by atoms with Crippen molar-refractivity contribution in [3.8, 4) is 0 Å². The first-order valence-electron chi connectivity index (χ1n) is 9.33. The summed E-state index contributed by atoms with van der Waals surface area (Å²) in [4.78, 5) is 11.7. The van der Waals surface area contributed by atoms with Gasteiger partial charge in [0.15, 0.2) is 0 Å². The highest BCUT2D eigenvalue weighted by molar-refractivity contribution is 7.94. The summed E-state index contributed by atoms with van der Waals surface area (Å²) in [7, 11) is -12.3. The molecule has 0 radical (unpaired) electrons. The normalized spacial score (nSPS) is 12.3. The van der Waals surface area contributed by atoms with Gasteiger partial charge in [-0.15, -0.1) is 4.33 Å². The fraction of sp³-hybridized carbons (Fsp3) is 0.357. The summed E-state index contributed by atoms with van der Waals surface area (Å²) in [5, 5.41) is 19.9. The Morgan fingerprint density at radius 1 is 0.917 bits per heavy atom. The van der Waals surface area contributed by atoms with E-state index in [1.807, 2.05) is 0 Å². The molecule has 202 valence electrons. The molecule has 0 atom stereocenters. The predicted molar refractivity (Wildman–Crippen MR) is 126 cm³/mol. The molecule has 36 heavy (non-hydrogen) atoms. The molecule has 0 bridgehead atoms. The van der Waals surface area contributed by atoms with Crippen LogP contribution in [0.5, 0.6) is 0 Å². The minimum atomic E-state index is -4.61. The standard InChI is InChI=1S/C14H21N7O11S4/c1-34(23,24)17-5-4-15-12-19-13(16-6-7-35(25,26)27)21-14(20-12)18-10-8-9(36(28,29)30)2-3-11(10)33-32-31-22/h2-3,8,17,22H,4-7H2,1H3,(H,25,26,27)(H,28,29,30)(H3,15,16,18,19,20,21). The van der Waals surface area contributed by atoms with Crippen molar-refractivity contribution in [3.05, 3.63) is 18.2 Å². The number of hydrogen-bond donors (Lipinski definition) is 7. The lowest BCUT2D eigenvalue weighted by molar-refractivity contribution is -0.432. The second kappa shape index (κ2) is 12.7. The first-order valence-corrected chi connectivity index (χ1v) is 15.0. The van der Waals surface area contributed by atoms with Crippen molar-refractivity contribution in [2.75, 3.05) is 47.6 Å². The van der Waals surface area contributed by atoms with Crippen molar-refractivity contribution in [2.24, 2.45) is 0 Å². The summed E-state index contributed by atoms with van der Waals surface area (Å²) >= 11 is 0.457. The first kappa shape index (κ1) is 29.8. The van der Waals surface area contributed by atoms with E-state index in [0.717, 1.165) is 18.4 Å². The molecule has 1 aromatic carbocycles. The third-order valence-electron chi connectivity index (χ3n) is 3.70. The summed E-state index contributed by atoms with van der Waals surface area (Å²) in [6.07, 6.45) is 0.969. The summed E-state index contributed by atoms with van der Waals surface area (Å²) < 4.78 is 92.2. The molecule has 0 fully saturated rings. The predicted octanol–water partition coefficient (Wildman–Crippen LogP) is -0.449. The zero-order valence-corrected chi connectivity index (χ0v) is 21.4. The van der Waals surface area contributed by atoms with Gasteiger partial charge in [0.1, 0.15) is 0 Å². The SMILES string of the molecule is CS(=O)(=O)NCCNc1nc(NCCS(=O)(=O)O)nc(Nc2cc(S(=O)(=O)O)ccc2SOOO)n1. The molecule has 18 nitrogen and oxygen atoms in total. The van der Waals surface area contributed by atoms with E-state index in [2.05, 4.69) is 45.0 Å². The number of sulfonamides is 1. The van der Waals surface area contributed by atoms with Crippen LogP contribution in [0.25, 0.3) is 0 Å². The maximum absolute atomic E-state index is 11.5. The number of nitrogens with one attached hydrogen (secondary N) is 4. The molecule has 0 saturated carbocycles. The molecule has 1 aromatic heterocycles. The van der Waals surface area contributed by atoms with E-state index < -0.39 is 40.9 Å². The van der Waals surface area contributed by atoms with E-state index in [-0.39, 0.29) is 48.1 Å². The fourth-order valence-electron chi connectivity index (χ4n) is 2.30. The maximum atomic E-state index is 11.5. The molecule has 0 spiro atoms. The number of hydrogen-bond acceptors (Lipinski definition) is 16. The zero-order chi connectivity index (χ0) is 27.0. The van der Waals surface area contributed by atoms with Gasteiger partial charge in [-0.2, -0.15) is 31.8 Å². The number of aromatic nitrogens is 3. The lowest BCUT2D eigenvalue weighted by Crippen LogP contribution is -2.28. The van der Waals surface area contributed by atoms with Gasteiger partial charge in [-0.1, -0.05) is 5.04 Å². The van der Waals surface area contributed by atoms with Crippen LogP contribution in [0.2, 0.25) is 0 Å². The topological polar surface area (TPSA) is 268 Å². The monoisotopic (exact) mass is 591 g/mol. The van der Waals surface area contributed by atoms with Crippen molar-refractivity contribution < 1.29 is 49.0 Å². The lowest BCUT2D eigenvalue weighted by Gasteiger charge is -2.13. The Bertz CT molecular complexity index is 1370. The van der Waals surface area contributed by atoms with Crippen LogP contribution in [0.15, 0.2) is 28.0 Å². The van der Waals surface area contributed by atoms with E-state index >= 15 is 0 Å². The molecule has 0 aliphatic rings. The van der Waals surface area contributed by atoms with Gasteiger partial charge in [0, 0.05) is 19.6 Å². The minimum absolute atomic E-state index is 0.0298. The van der Waals surface area contributed by atoms with Crippen LogP contribution in [-0.2, 0) is 39.6 Å². The Balaban J connectivity index is 2.36. The Kier molecular flexibility index (Phi) is 10.5. The van der Waals surface area contributed by atoms with Crippen LogP contribution < -0.4 is 20.7 Å². The molecule has 2 aromatic rings. The van der Waals surface area contributed by atoms with Gasteiger partial charge in [0.05, 0.1) is 39.5 Å². The molecule has 0 aliphatic carbocycles. The molecule has 0 saturated heterocycles. The highest BCUT2D eigenvalue weighted by atomic mass is 32.2. The van der Waals surface area contributed by atoms with E-state index in [0.29, 0.717) is 12.0 Å². The first-order chi connectivity index (χ1) is 16.7. The van der Waals surface area contributed by atoms with E-state index in [1.54, 1.807) is 0 Å². The number of anilines is 4. The fourth-order valence-corrected chi connectivity index (χ4v) is 4.07. The summed E-state index contributed by atoms with van der Waals surface area (Å²) in [6.45, 7) is -0.297. The molecule has 7 N–H and O–H groups in total. The molecular formula is C14H21N7O11S4. The summed E-state index contributed by atoms with van der Waals surface area (Å²) in [5.41, 5.74) is -0.0352. The molecular weight excluding hydrogens is 570 g/mol. The quantitative estimate of drug-likeness (QED) is 0.0454. The van der Waals surface area contributed by atoms with Crippen LogP contribution in [0.1, 0.15) is 0 Å². The molecule has 22 heteroatoms. The molecule has 0 aliphatic heterocycles. The van der Waals surface area contributed by atoms with Gasteiger partial charge in [0.25, 0.3) is 20.2 Å². The van der Waals surface area contributed by atoms with Crippen molar-refractivity contribution in [2.45, 2.75) is 9.79 Å². The van der Waals surface area contributed by atoms with Crippen LogP contribution >= 0.6 is 12.0 Å². The van der Waals surface area contributed by atoms with Crippen LogP contribution in [0, 0.1) is 0 Å². The molecule has 0 unspecified atom stereocenters. The van der Waals surface area contributed by atoms with Crippen LogP contribution in [0.3, 0.4) is 0 Å². The smallest absolute Gasteiger partial charge is 0.294 e. The van der Waals surface area contributed by atoms with Crippen molar-refractivity contribution >= 4 is 65.8 Å². The molecule has 2 rings (SSSR count). The summed E-state index contributed by atoms with van der Waals surface area (Å²) in [6, 6.07) is 3.25. The van der Waals surface area contributed by atoms with Crippen molar-refractivity contribution in [1.82, 2.24) is 19.7 Å². The molecule has 1 heterocycles. The van der Waals surface area contributed by atoms with E-state index in [4.69, 9.17) is 9.81 Å². The molecule has 0 amide bonds. The number of rotatable bonds is 15. The second-order valence-corrected chi connectivity index (χ2v) is 12.2. The Morgan fingerprint density at radius 3 is 2.08 bits per heavy atom. The minimum Gasteiger partial charge on any atom is -0.353 e. The average molecular weight is 592 g/mol. The van der Waals surface area contributed by atoms with Crippen LogP contribution in [-0.4, -0.2) is 86.2 Å².